The minimum Gasteiger partial charge on any atom is -0.336 e. The molecule has 3 nitrogen and oxygen atoms in total. The molecule has 12 heavy (non-hydrogen) atoms. The summed E-state index contributed by atoms with van der Waals surface area (Å²) in [7, 11) is 0. The van der Waals surface area contributed by atoms with Crippen molar-refractivity contribution in [2.24, 2.45) is 0 Å². The minimum absolute atomic E-state index is 0.285. The molecule has 0 aliphatic heterocycles. The average Bonchev–Trinajstić information content (AvgIpc) is 2.66. The lowest BCUT2D eigenvalue weighted by Crippen LogP contribution is -2.03. The van der Waals surface area contributed by atoms with Crippen LogP contribution in [0.25, 0.3) is 0 Å². The van der Waals surface area contributed by atoms with Gasteiger partial charge in [-0.05, 0) is 19.8 Å². The van der Waals surface area contributed by atoms with E-state index in [0.29, 0.717) is 5.92 Å². The first kappa shape index (κ1) is 8.32. The molecule has 1 saturated carbocycles. The SMILES string of the molecule is CC(Cl)(Cl)c1nc(C2CC2)no1. The van der Waals surface area contributed by atoms with Crippen molar-refractivity contribution >= 4 is 23.2 Å². The fraction of sp³-hybridized carbons (Fsp3) is 0.714. The van der Waals surface area contributed by atoms with Crippen LogP contribution in [0.1, 0.15) is 37.4 Å². The zero-order valence-corrected chi connectivity index (χ0v) is 8.06. The number of aromatic nitrogens is 2. The summed E-state index contributed by atoms with van der Waals surface area (Å²) in [6.45, 7) is 1.61. The maximum absolute atomic E-state index is 5.77. The lowest BCUT2D eigenvalue weighted by molar-refractivity contribution is 0.366. The third-order valence-electron chi connectivity index (χ3n) is 1.76. The van der Waals surface area contributed by atoms with Gasteiger partial charge >= 0.3 is 0 Å². The number of nitrogens with zero attached hydrogens (tertiary/aromatic N) is 2. The molecule has 0 unspecified atom stereocenters. The average molecular weight is 207 g/mol. The molecule has 1 aromatic heterocycles. The van der Waals surface area contributed by atoms with Crippen LogP contribution < -0.4 is 0 Å². The van der Waals surface area contributed by atoms with E-state index < -0.39 is 4.33 Å². The van der Waals surface area contributed by atoms with Gasteiger partial charge in [0.1, 0.15) is 0 Å². The van der Waals surface area contributed by atoms with Gasteiger partial charge in [0.25, 0.3) is 5.89 Å². The summed E-state index contributed by atoms with van der Waals surface area (Å²) in [4.78, 5) is 4.10. The molecule has 1 aromatic rings. The largest absolute Gasteiger partial charge is 0.336 e. The fourth-order valence-electron chi connectivity index (χ4n) is 0.921. The molecule has 0 amide bonds. The smallest absolute Gasteiger partial charge is 0.262 e. The van der Waals surface area contributed by atoms with Gasteiger partial charge in [-0.1, -0.05) is 28.4 Å². The van der Waals surface area contributed by atoms with Gasteiger partial charge in [0.15, 0.2) is 10.2 Å². The topological polar surface area (TPSA) is 38.9 Å². The molecule has 1 heterocycles. The third-order valence-corrected chi connectivity index (χ3v) is 2.08. The van der Waals surface area contributed by atoms with Crippen LogP contribution >= 0.6 is 23.2 Å². The van der Waals surface area contributed by atoms with E-state index in [4.69, 9.17) is 27.7 Å². The third kappa shape index (κ3) is 1.57. The first-order chi connectivity index (χ1) is 5.57. The Balaban J connectivity index is 2.23. The van der Waals surface area contributed by atoms with Crippen molar-refractivity contribution in [3.63, 3.8) is 0 Å². The minimum atomic E-state index is -1.07. The highest BCUT2D eigenvalue weighted by atomic mass is 35.5. The normalized spacial score (nSPS) is 18.2. The Kier molecular flexibility index (Phi) is 1.81. The molecule has 1 aliphatic carbocycles. The number of alkyl halides is 2. The predicted octanol–water partition coefficient (Wildman–Crippen LogP) is 2.60. The molecule has 0 saturated heterocycles. The van der Waals surface area contributed by atoms with Crippen molar-refractivity contribution in [2.45, 2.75) is 30.0 Å². The molecule has 66 valence electrons. The molecule has 2 rings (SSSR count). The van der Waals surface area contributed by atoms with Gasteiger partial charge in [-0.3, -0.25) is 0 Å². The molecule has 5 heteroatoms. The highest BCUT2D eigenvalue weighted by molar-refractivity contribution is 6.47. The van der Waals surface area contributed by atoms with E-state index in [-0.39, 0.29) is 5.89 Å². The summed E-state index contributed by atoms with van der Waals surface area (Å²) in [6.07, 6.45) is 2.28. The van der Waals surface area contributed by atoms with Crippen LogP contribution in [-0.2, 0) is 4.33 Å². The Bertz CT molecular complexity index is 288. The van der Waals surface area contributed by atoms with Crippen LogP contribution in [0.4, 0.5) is 0 Å². The number of halogens is 2. The number of rotatable bonds is 2. The van der Waals surface area contributed by atoms with Crippen molar-refractivity contribution in [3.05, 3.63) is 11.7 Å². The summed E-state index contributed by atoms with van der Waals surface area (Å²) in [5, 5.41) is 3.79. The summed E-state index contributed by atoms with van der Waals surface area (Å²) >= 11 is 11.5. The van der Waals surface area contributed by atoms with Gasteiger partial charge in [0, 0.05) is 5.92 Å². The van der Waals surface area contributed by atoms with E-state index in [1.54, 1.807) is 6.92 Å². The summed E-state index contributed by atoms with van der Waals surface area (Å²) < 4.78 is 3.84. The molecule has 0 radical (unpaired) electrons. The van der Waals surface area contributed by atoms with E-state index in [1.807, 2.05) is 0 Å². The molecule has 0 N–H and O–H groups in total. The molecule has 0 atom stereocenters. The molecule has 0 bridgehead atoms. The van der Waals surface area contributed by atoms with Crippen molar-refractivity contribution < 1.29 is 4.52 Å². The van der Waals surface area contributed by atoms with Gasteiger partial charge in [-0.15, -0.1) is 0 Å². The van der Waals surface area contributed by atoms with Crippen molar-refractivity contribution in [2.75, 3.05) is 0 Å². The van der Waals surface area contributed by atoms with Gasteiger partial charge < -0.3 is 4.52 Å². The lowest BCUT2D eigenvalue weighted by atomic mass is 10.4. The molecule has 1 fully saturated rings. The standard InChI is InChI=1S/C7H8Cl2N2O/c1-7(8,9)6-10-5(11-12-6)4-2-3-4/h4H,2-3H2,1H3. The van der Waals surface area contributed by atoms with Crippen molar-refractivity contribution in [1.29, 1.82) is 0 Å². The number of hydrogen-bond acceptors (Lipinski definition) is 3. The molecular weight excluding hydrogens is 199 g/mol. The van der Waals surface area contributed by atoms with Crippen LogP contribution in [0.15, 0.2) is 4.52 Å². The Morgan fingerprint density at radius 1 is 1.50 bits per heavy atom. The molecule has 1 aliphatic rings. The van der Waals surface area contributed by atoms with Crippen LogP contribution in [0, 0.1) is 0 Å². The predicted molar refractivity (Wildman–Crippen MR) is 45.3 cm³/mol. The van der Waals surface area contributed by atoms with Gasteiger partial charge in [0.2, 0.25) is 0 Å². The van der Waals surface area contributed by atoms with Crippen LogP contribution in [-0.4, -0.2) is 10.1 Å². The van der Waals surface area contributed by atoms with E-state index in [9.17, 15) is 0 Å². The Labute approximate surface area is 80.0 Å². The van der Waals surface area contributed by atoms with Crippen molar-refractivity contribution in [1.82, 2.24) is 10.1 Å². The van der Waals surface area contributed by atoms with E-state index in [0.717, 1.165) is 18.7 Å². The maximum Gasteiger partial charge on any atom is 0.262 e. The highest BCUT2D eigenvalue weighted by Crippen LogP contribution is 2.40. The lowest BCUT2D eigenvalue weighted by Gasteiger charge is -2.04. The molecular formula is C7H8Cl2N2O. The second-order valence-electron chi connectivity index (χ2n) is 3.12. The van der Waals surface area contributed by atoms with Gasteiger partial charge in [-0.2, -0.15) is 4.98 Å². The van der Waals surface area contributed by atoms with Crippen LogP contribution in [0.5, 0.6) is 0 Å². The second kappa shape index (κ2) is 2.60. The summed E-state index contributed by atoms with van der Waals surface area (Å²) in [5.41, 5.74) is 0. The Hall–Kier alpha value is -0.280. The first-order valence-corrected chi connectivity index (χ1v) is 4.55. The monoisotopic (exact) mass is 206 g/mol. The van der Waals surface area contributed by atoms with Crippen LogP contribution in [0.3, 0.4) is 0 Å². The van der Waals surface area contributed by atoms with Crippen LogP contribution in [0.2, 0.25) is 0 Å². The number of hydrogen-bond donors (Lipinski definition) is 0. The second-order valence-corrected chi connectivity index (χ2v) is 4.83. The van der Waals surface area contributed by atoms with Gasteiger partial charge in [-0.25, -0.2) is 0 Å². The van der Waals surface area contributed by atoms with Gasteiger partial charge in [0.05, 0.1) is 0 Å². The fourth-order valence-corrected chi connectivity index (χ4v) is 1.07. The van der Waals surface area contributed by atoms with Crippen molar-refractivity contribution in [3.8, 4) is 0 Å². The first-order valence-electron chi connectivity index (χ1n) is 3.79. The molecule has 0 spiro atoms. The highest BCUT2D eigenvalue weighted by Gasteiger charge is 2.33. The van der Waals surface area contributed by atoms with E-state index in [1.165, 1.54) is 0 Å². The summed E-state index contributed by atoms with van der Waals surface area (Å²) in [5.74, 6) is 1.49. The maximum atomic E-state index is 5.77. The zero-order chi connectivity index (χ0) is 8.77. The molecule has 0 aromatic carbocycles. The van der Waals surface area contributed by atoms with E-state index >= 15 is 0 Å². The quantitative estimate of drug-likeness (QED) is 0.699. The van der Waals surface area contributed by atoms with E-state index in [2.05, 4.69) is 10.1 Å². The Morgan fingerprint density at radius 2 is 2.17 bits per heavy atom. The zero-order valence-electron chi connectivity index (χ0n) is 6.55. The Morgan fingerprint density at radius 3 is 2.58 bits per heavy atom. The summed E-state index contributed by atoms with van der Waals surface area (Å²) in [6, 6.07) is 0.